The number of amides is 2. The number of benzene rings is 1. The Labute approximate surface area is 144 Å². The molecule has 0 aliphatic rings. The van der Waals surface area contributed by atoms with Gasteiger partial charge in [0.05, 0.1) is 16.8 Å². The van der Waals surface area contributed by atoms with E-state index < -0.39 is 17.5 Å². The van der Waals surface area contributed by atoms with Crippen LogP contribution in [-0.4, -0.2) is 23.3 Å². The molecule has 25 heavy (non-hydrogen) atoms. The Kier molecular flexibility index (Phi) is 6.56. The van der Waals surface area contributed by atoms with Crippen molar-refractivity contribution in [2.24, 2.45) is 0 Å². The fourth-order valence-corrected chi connectivity index (χ4v) is 2.15. The number of nitrogens with one attached hydrogen (secondary N) is 2. The first-order chi connectivity index (χ1) is 12.0. The van der Waals surface area contributed by atoms with E-state index in [-0.39, 0.29) is 22.7 Å². The van der Waals surface area contributed by atoms with Crippen LogP contribution in [0.25, 0.3) is 0 Å². The van der Waals surface area contributed by atoms with E-state index in [0.29, 0.717) is 12.6 Å². The molecule has 2 N–H and O–H groups in total. The number of carbonyl (C=O) groups excluding carboxylic acids is 2. The summed E-state index contributed by atoms with van der Waals surface area (Å²) in [4.78, 5) is 28.1. The van der Waals surface area contributed by atoms with Crippen LogP contribution in [0.1, 0.15) is 46.9 Å². The zero-order valence-electron chi connectivity index (χ0n) is 13.8. The predicted octanol–water partition coefficient (Wildman–Crippen LogP) is 3.53. The van der Waals surface area contributed by atoms with Gasteiger partial charge >= 0.3 is 0 Å². The molecule has 2 amide bonds. The standard InChI is InChI=1S/C18H19F2N3O2/c1-2-3-4-7-22-17(24)12-8-13(11-21-10-12)18(25)23-16-6-5-14(19)9-15(16)20/h5-6,8-11H,2-4,7H2,1H3,(H,22,24)(H,23,25). The predicted molar refractivity (Wildman–Crippen MR) is 90.4 cm³/mol. The van der Waals surface area contributed by atoms with E-state index in [1.54, 1.807) is 0 Å². The van der Waals surface area contributed by atoms with Gasteiger partial charge in [0.2, 0.25) is 0 Å². The number of pyridine rings is 1. The Morgan fingerprint density at radius 1 is 1.04 bits per heavy atom. The van der Waals surface area contributed by atoms with Gasteiger partial charge in [0, 0.05) is 25.0 Å². The van der Waals surface area contributed by atoms with Crippen molar-refractivity contribution >= 4 is 17.5 Å². The summed E-state index contributed by atoms with van der Waals surface area (Å²) in [6.07, 6.45) is 5.56. The Hall–Kier alpha value is -2.83. The quantitative estimate of drug-likeness (QED) is 0.753. The Bertz CT molecular complexity index is 766. The van der Waals surface area contributed by atoms with E-state index in [0.717, 1.165) is 31.4 Å². The number of carbonyl (C=O) groups is 2. The highest BCUT2D eigenvalue weighted by Gasteiger charge is 2.13. The zero-order valence-corrected chi connectivity index (χ0v) is 13.8. The molecule has 0 bridgehead atoms. The van der Waals surface area contributed by atoms with Crippen LogP contribution in [0.2, 0.25) is 0 Å². The molecule has 0 fully saturated rings. The van der Waals surface area contributed by atoms with Crippen LogP contribution < -0.4 is 10.6 Å². The lowest BCUT2D eigenvalue weighted by molar-refractivity contribution is 0.0952. The summed E-state index contributed by atoms with van der Waals surface area (Å²) in [6, 6.07) is 4.21. The van der Waals surface area contributed by atoms with E-state index >= 15 is 0 Å². The van der Waals surface area contributed by atoms with Gasteiger partial charge < -0.3 is 10.6 Å². The first-order valence-electron chi connectivity index (χ1n) is 8.01. The molecule has 5 nitrogen and oxygen atoms in total. The van der Waals surface area contributed by atoms with Gasteiger partial charge in [0.15, 0.2) is 0 Å². The third-order valence-corrected chi connectivity index (χ3v) is 3.51. The third-order valence-electron chi connectivity index (χ3n) is 3.51. The maximum atomic E-state index is 13.6. The highest BCUT2D eigenvalue weighted by atomic mass is 19.1. The minimum atomic E-state index is -0.883. The van der Waals surface area contributed by atoms with Gasteiger partial charge in [-0.25, -0.2) is 8.78 Å². The summed E-state index contributed by atoms with van der Waals surface area (Å²) in [6.45, 7) is 2.61. The van der Waals surface area contributed by atoms with E-state index in [2.05, 4.69) is 22.5 Å². The molecular weight excluding hydrogens is 328 g/mol. The van der Waals surface area contributed by atoms with E-state index in [1.807, 2.05) is 0 Å². The van der Waals surface area contributed by atoms with Gasteiger partial charge in [-0.1, -0.05) is 19.8 Å². The van der Waals surface area contributed by atoms with Crippen molar-refractivity contribution in [3.05, 3.63) is 59.4 Å². The second-order valence-electron chi connectivity index (χ2n) is 5.50. The lowest BCUT2D eigenvalue weighted by Crippen LogP contribution is -2.25. The topological polar surface area (TPSA) is 71.1 Å². The molecule has 0 atom stereocenters. The van der Waals surface area contributed by atoms with Crippen LogP contribution in [0.3, 0.4) is 0 Å². The molecule has 1 aromatic carbocycles. The van der Waals surface area contributed by atoms with Crippen molar-refractivity contribution in [3.63, 3.8) is 0 Å². The summed E-state index contributed by atoms with van der Waals surface area (Å²) in [5, 5.41) is 5.08. The number of nitrogens with zero attached hydrogens (tertiary/aromatic N) is 1. The largest absolute Gasteiger partial charge is 0.352 e. The molecule has 0 saturated heterocycles. The number of hydrogen-bond acceptors (Lipinski definition) is 3. The molecule has 7 heteroatoms. The van der Waals surface area contributed by atoms with Crippen molar-refractivity contribution in [1.29, 1.82) is 0 Å². The molecule has 1 aromatic heterocycles. The SMILES string of the molecule is CCCCCNC(=O)c1cncc(C(=O)Nc2ccc(F)cc2F)c1. The molecular formula is C18H19F2N3O2. The summed E-state index contributed by atoms with van der Waals surface area (Å²) < 4.78 is 26.5. The zero-order chi connectivity index (χ0) is 18.2. The molecule has 0 radical (unpaired) electrons. The third kappa shape index (κ3) is 5.34. The molecule has 132 valence electrons. The minimum absolute atomic E-state index is 0.102. The summed E-state index contributed by atoms with van der Waals surface area (Å²) in [5.41, 5.74) is 0.189. The maximum absolute atomic E-state index is 13.6. The summed E-state index contributed by atoms with van der Waals surface area (Å²) in [7, 11) is 0. The van der Waals surface area contributed by atoms with Crippen LogP contribution in [0.5, 0.6) is 0 Å². The molecule has 0 saturated carbocycles. The Morgan fingerprint density at radius 2 is 1.76 bits per heavy atom. The molecule has 0 unspecified atom stereocenters. The van der Waals surface area contributed by atoms with Crippen molar-refractivity contribution in [2.45, 2.75) is 26.2 Å². The van der Waals surface area contributed by atoms with Crippen molar-refractivity contribution in [2.75, 3.05) is 11.9 Å². The Morgan fingerprint density at radius 3 is 2.44 bits per heavy atom. The fourth-order valence-electron chi connectivity index (χ4n) is 2.15. The van der Waals surface area contributed by atoms with Gasteiger partial charge in [-0.3, -0.25) is 14.6 Å². The fraction of sp³-hybridized carbons (Fsp3) is 0.278. The van der Waals surface area contributed by atoms with Gasteiger partial charge in [0.1, 0.15) is 11.6 Å². The number of aromatic nitrogens is 1. The van der Waals surface area contributed by atoms with Crippen molar-refractivity contribution < 1.29 is 18.4 Å². The lowest BCUT2D eigenvalue weighted by atomic mass is 10.1. The average molecular weight is 347 g/mol. The van der Waals surface area contributed by atoms with Crippen molar-refractivity contribution in [3.8, 4) is 0 Å². The van der Waals surface area contributed by atoms with Gasteiger partial charge in [-0.15, -0.1) is 0 Å². The van der Waals surface area contributed by atoms with Gasteiger partial charge in [-0.2, -0.15) is 0 Å². The number of anilines is 1. The smallest absolute Gasteiger partial charge is 0.257 e. The molecule has 0 aliphatic heterocycles. The maximum Gasteiger partial charge on any atom is 0.257 e. The molecule has 1 heterocycles. The van der Waals surface area contributed by atoms with Gasteiger partial charge in [-0.05, 0) is 24.6 Å². The van der Waals surface area contributed by atoms with E-state index in [4.69, 9.17) is 0 Å². The van der Waals surface area contributed by atoms with E-state index in [9.17, 15) is 18.4 Å². The van der Waals surface area contributed by atoms with E-state index in [1.165, 1.54) is 18.5 Å². The number of hydrogen-bond donors (Lipinski definition) is 2. The second-order valence-corrected chi connectivity index (χ2v) is 5.50. The van der Waals surface area contributed by atoms with Crippen LogP contribution in [0, 0.1) is 11.6 Å². The molecule has 2 aromatic rings. The molecule has 0 spiro atoms. The first-order valence-corrected chi connectivity index (χ1v) is 8.01. The van der Waals surface area contributed by atoms with Crippen molar-refractivity contribution in [1.82, 2.24) is 10.3 Å². The number of unbranched alkanes of at least 4 members (excludes halogenated alkanes) is 2. The molecule has 0 aliphatic carbocycles. The highest BCUT2D eigenvalue weighted by Crippen LogP contribution is 2.16. The minimum Gasteiger partial charge on any atom is -0.352 e. The lowest BCUT2D eigenvalue weighted by Gasteiger charge is -2.08. The normalized spacial score (nSPS) is 10.4. The van der Waals surface area contributed by atoms with Crippen LogP contribution in [0.15, 0.2) is 36.7 Å². The monoisotopic (exact) mass is 347 g/mol. The van der Waals surface area contributed by atoms with Crippen LogP contribution in [-0.2, 0) is 0 Å². The number of rotatable bonds is 7. The van der Waals surface area contributed by atoms with Crippen LogP contribution in [0.4, 0.5) is 14.5 Å². The highest BCUT2D eigenvalue weighted by molar-refractivity contribution is 6.05. The average Bonchev–Trinajstić information content (AvgIpc) is 2.61. The summed E-state index contributed by atoms with van der Waals surface area (Å²) >= 11 is 0. The Balaban J connectivity index is 2.04. The summed E-state index contributed by atoms with van der Waals surface area (Å²) in [5.74, 6) is -2.59. The molecule has 2 rings (SSSR count). The number of halogens is 2. The van der Waals surface area contributed by atoms with Crippen LogP contribution >= 0.6 is 0 Å². The second kappa shape index (κ2) is 8.86. The first kappa shape index (κ1) is 18.5. The van der Waals surface area contributed by atoms with Gasteiger partial charge in [0.25, 0.3) is 11.8 Å².